The summed E-state index contributed by atoms with van der Waals surface area (Å²) in [7, 11) is 0. The van der Waals surface area contributed by atoms with E-state index in [1.54, 1.807) is 0 Å². The van der Waals surface area contributed by atoms with Crippen LogP contribution in [0.15, 0.2) is 36.4 Å². The summed E-state index contributed by atoms with van der Waals surface area (Å²) >= 11 is 0. The number of rotatable bonds is 9. The molecule has 0 unspecified atom stereocenters. The predicted octanol–water partition coefficient (Wildman–Crippen LogP) is 6.37. The summed E-state index contributed by atoms with van der Waals surface area (Å²) in [6.07, 6.45) is 6.09. The maximum absolute atomic E-state index is 12.0. The summed E-state index contributed by atoms with van der Waals surface area (Å²) in [6.45, 7) is 4.32. The smallest absolute Gasteiger partial charge is 0.409 e. The molecular weight excluding hydrogens is 339 g/mol. The molecule has 1 fully saturated rings. The molecule has 0 saturated carbocycles. The largest absolute Gasteiger partial charge is 0.490 e. The molecule has 0 bridgehead atoms. The molecule has 0 aliphatic carbocycles. The number of anilines is 1. The van der Waals surface area contributed by atoms with E-state index >= 15 is 0 Å². The lowest BCUT2D eigenvalue weighted by molar-refractivity contribution is -0.0801. The van der Waals surface area contributed by atoms with Crippen molar-refractivity contribution < 1.29 is 17.9 Å². The minimum Gasteiger partial charge on any atom is -0.490 e. The molecule has 5 heteroatoms. The molecule has 26 heavy (non-hydrogen) atoms. The van der Waals surface area contributed by atoms with Crippen molar-refractivity contribution in [1.82, 2.24) is 0 Å². The highest BCUT2D eigenvalue weighted by molar-refractivity contribution is 5.49. The molecule has 0 atom stereocenters. The van der Waals surface area contributed by atoms with Crippen LogP contribution in [0.25, 0.3) is 0 Å². The summed E-state index contributed by atoms with van der Waals surface area (Å²) in [5.74, 6) is 1.44. The number of ether oxygens (including phenoxy) is 1. The zero-order valence-electron chi connectivity index (χ0n) is 15.6. The lowest BCUT2D eigenvalue weighted by Gasteiger charge is -2.33. The fourth-order valence-electron chi connectivity index (χ4n) is 3.42. The number of nitrogens with zero attached hydrogens (tertiary/aromatic N) is 1. The highest BCUT2D eigenvalue weighted by Crippen LogP contribution is 2.28. The van der Waals surface area contributed by atoms with Gasteiger partial charge >= 0.3 is 6.18 Å². The molecule has 1 aromatic carbocycles. The zero-order chi connectivity index (χ0) is 18.8. The molecule has 0 N–H and O–H groups in total. The topological polar surface area (TPSA) is 12.5 Å². The molecule has 1 aliphatic rings. The highest BCUT2D eigenvalue weighted by Gasteiger charge is 2.21. The molecular formula is C21H30F3NO. The van der Waals surface area contributed by atoms with Crippen LogP contribution in [0, 0.1) is 5.92 Å². The van der Waals surface area contributed by atoms with E-state index in [9.17, 15) is 13.2 Å². The minimum atomic E-state index is -4.28. The lowest BCUT2D eigenvalue weighted by Crippen LogP contribution is -2.33. The monoisotopic (exact) mass is 369 g/mol. The molecule has 0 aromatic heterocycles. The third-order valence-corrected chi connectivity index (χ3v) is 4.94. The van der Waals surface area contributed by atoms with Crippen molar-refractivity contribution in [3.63, 3.8) is 0 Å². The van der Waals surface area contributed by atoms with Gasteiger partial charge in [0, 0.05) is 24.9 Å². The number of unbranched alkanes of at least 4 members (excludes halogenated alkanes) is 3. The van der Waals surface area contributed by atoms with Gasteiger partial charge in [0.2, 0.25) is 0 Å². The van der Waals surface area contributed by atoms with Gasteiger partial charge in [0.05, 0.1) is 0 Å². The molecule has 2 nitrogen and oxygen atoms in total. The van der Waals surface area contributed by atoms with E-state index in [4.69, 9.17) is 4.74 Å². The number of alkyl halides is 3. The Bertz CT molecular complexity index is 531. The van der Waals surface area contributed by atoms with Gasteiger partial charge in [-0.1, -0.05) is 39.0 Å². The number of hydrogen-bond donors (Lipinski definition) is 0. The van der Waals surface area contributed by atoms with Crippen molar-refractivity contribution in [3.05, 3.63) is 36.4 Å². The van der Waals surface area contributed by atoms with Gasteiger partial charge in [-0.25, -0.2) is 0 Å². The molecule has 1 saturated heterocycles. The maximum atomic E-state index is 12.0. The average molecular weight is 369 g/mol. The number of benzene rings is 1. The third-order valence-electron chi connectivity index (χ3n) is 4.94. The second-order valence-corrected chi connectivity index (χ2v) is 7.03. The first-order chi connectivity index (χ1) is 12.5. The summed E-state index contributed by atoms with van der Waals surface area (Å²) in [5, 5.41) is 0. The van der Waals surface area contributed by atoms with Crippen LogP contribution in [0.3, 0.4) is 0 Å². The minimum absolute atomic E-state index is 0.0811. The first-order valence-corrected chi connectivity index (χ1v) is 9.70. The summed E-state index contributed by atoms with van der Waals surface area (Å²) in [6, 6.07) is 7.63. The molecule has 0 amide bonds. The molecule has 1 aliphatic heterocycles. The van der Waals surface area contributed by atoms with Crippen LogP contribution in [0.5, 0.6) is 5.75 Å². The Kier molecular flexibility index (Phi) is 8.33. The number of piperidine rings is 1. The fourth-order valence-corrected chi connectivity index (χ4v) is 3.42. The quantitative estimate of drug-likeness (QED) is 0.370. The number of hydrogen-bond acceptors (Lipinski definition) is 2. The van der Waals surface area contributed by atoms with Crippen LogP contribution >= 0.6 is 0 Å². The van der Waals surface area contributed by atoms with Crippen LogP contribution in [0.1, 0.15) is 51.9 Å². The van der Waals surface area contributed by atoms with E-state index in [-0.39, 0.29) is 12.7 Å². The van der Waals surface area contributed by atoms with E-state index in [0.29, 0.717) is 5.75 Å². The molecule has 0 radical (unpaired) electrons. The summed E-state index contributed by atoms with van der Waals surface area (Å²) in [5.41, 5.74) is 1.16. The van der Waals surface area contributed by atoms with Gasteiger partial charge in [-0.05, 0) is 49.1 Å². The third kappa shape index (κ3) is 7.71. The molecule has 2 rings (SSSR count). The molecule has 1 heterocycles. The first-order valence-electron chi connectivity index (χ1n) is 9.70. The van der Waals surface area contributed by atoms with E-state index in [1.165, 1.54) is 44.9 Å². The van der Waals surface area contributed by atoms with Crippen molar-refractivity contribution in [3.8, 4) is 5.75 Å². The maximum Gasteiger partial charge on any atom is 0.409 e. The number of allylic oxidation sites excluding steroid dienone is 1. The van der Waals surface area contributed by atoms with Gasteiger partial charge < -0.3 is 9.64 Å². The van der Waals surface area contributed by atoms with Crippen LogP contribution in [-0.4, -0.2) is 25.9 Å². The second-order valence-electron chi connectivity index (χ2n) is 7.03. The summed E-state index contributed by atoms with van der Waals surface area (Å²) in [4.78, 5) is 2.38. The Morgan fingerprint density at radius 3 is 2.38 bits per heavy atom. The van der Waals surface area contributed by atoms with Crippen molar-refractivity contribution in [2.75, 3.05) is 24.6 Å². The van der Waals surface area contributed by atoms with Crippen LogP contribution in [-0.2, 0) is 0 Å². The molecule has 0 spiro atoms. The van der Waals surface area contributed by atoms with Crippen molar-refractivity contribution in [2.45, 2.75) is 58.0 Å². The SMILES string of the molecule is CCCCCCC1CCN(c2ccc(OCC=CC(F)(F)F)cc2)CC1. The van der Waals surface area contributed by atoms with Crippen LogP contribution in [0.2, 0.25) is 0 Å². The van der Waals surface area contributed by atoms with E-state index in [2.05, 4.69) is 11.8 Å². The van der Waals surface area contributed by atoms with E-state index in [0.717, 1.165) is 30.8 Å². The zero-order valence-corrected chi connectivity index (χ0v) is 15.6. The van der Waals surface area contributed by atoms with Gasteiger partial charge in [-0.15, -0.1) is 0 Å². The Morgan fingerprint density at radius 2 is 1.77 bits per heavy atom. The Hall–Kier alpha value is -1.65. The predicted molar refractivity (Wildman–Crippen MR) is 101 cm³/mol. The Labute approximate surface area is 155 Å². The Morgan fingerprint density at radius 1 is 1.08 bits per heavy atom. The number of halogens is 3. The van der Waals surface area contributed by atoms with Gasteiger partial charge in [0.1, 0.15) is 12.4 Å². The second kappa shape index (κ2) is 10.5. The van der Waals surface area contributed by atoms with Crippen molar-refractivity contribution >= 4 is 5.69 Å². The van der Waals surface area contributed by atoms with Gasteiger partial charge in [-0.3, -0.25) is 0 Å². The van der Waals surface area contributed by atoms with Crippen LogP contribution in [0.4, 0.5) is 18.9 Å². The van der Waals surface area contributed by atoms with Crippen LogP contribution < -0.4 is 9.64 Å². The standard InChI is InChI=1S/C21H30F3NO/c1-2-3-4-5-7-18-12-15-25(16-13-18)19-8-10-20(11-9-19)26-17-6-14-21(22,23)24/h6,8-11,14,18H,2-5,7,12-13,15-17H2,1H3. The first kappa shape index (κ1) is 20.7. The fraction of sp³-hybridized carbons (Fsp3) is 0.619. The summed E-state index contributed by atoms with van der Waals surface area (Å²) < 4.78 is 41.4. The molecule has 146 valence electrons. The van der Waals surface area contributed by atoms with Gasteiger partial charge in [0.25, 0.3) is 0 Å². The van der Waals surface area contributed by atoms with E-state index in [1.807, 2.05) is 24.3 Å². The van der Waals surface area contributed by atoms with E-state index < -0.39 is 6.18 Å². The highest BCUT2D eigenvalue weighted by atomic mass is 19.4. The van der Waals surface area contributed by atoms with Gasteiger partial charge in [0.15, 0.2) is 0 Å². The Balaban J connectivity index is 1.71. The van der Waals surface area contributed by atoms with Gasteiger partial charge in [-0.2, -0.15) is 13.2 Å². The molecule has 1 aromatic rings. The lowest BCUT2D eigenvalue weighted by atomic mass is 9.91. The average Bonchev–Trinajstić information content (AvgIpc) is 2.63. The normalized spacial score (nSPS) is 16.4. The van der Waals surface area contributed by atoms with Crippen molar-refractivity contribution in [1.29, 1.82) is 0 Å². The van der Waals surface area contributed by atoms with Crippen molar-refractivity contribution in [2.24, 2.45) is 5.92 Å².